The average molecular weight is 209 g/mol. The van der Waals surface area contributed by atoms with Crippen molar-refractivity contribution >= 4 is 5.96 Å². The molecule has 0 bridgehead atoms. The van der Waals surface area contributed by atoms with Crippen LogP contribution in [0, 0.1) is 5.41 Å². The summed E-state index contributed by atoms with van der Waals surface area (Å²) in [6, 6.07) is 0.688. The highest BCUT2D eigenvalue weighted by Crippen LogP contribution is 2.36. The van der Waals surface area contributed by atoms with Crippen LogP contribution in [0.3, 0.4) is 0 Å². The van der Waals surface area contributed by atoms with Gasteiger partial charge in [-0.25, -0.2) is 0 Å². The molecule has 3 heteroatoms. The predicted molar refractivity (Wildman–Crippen MR) is 64.1 cm³/mol. The Morgan fingerprint density at radius 2 is 2.00 bits per heavy atom. The van der Waals surface area contributed by atoms with Gasteiger partial charge in [-0.1, -0.05) is 19.8 Å². The number of nitrogens with one attached hydrogen (secondary N) is 2. The highest BCUT2D eigenvalue weighted by molar-refractivity contribution is 5.80. The maximum absolute atomic E-state index is 4.25. The molecule has 2 N–H and O–H groups in total. The number of aliphatic imine (C=N–C) groups is 1. The fourth-order valence-electron chi connectivity index (χ4n) is 2.32. The minimum atomic E-state index is 0.501. The maximum atomic E-state index is 4.25. The highest BCUT2D eigenvalue weighted by Gasteiger charge is 2.29. The molecule has 0 amide bonds. The van der Waals surface area contributed by atoms with Crippen molar-refractivity contribution in [1.29, 1.82) is 0 Å². The third-order valence-corrected chi connectivity index (χ3v) is 3.64. The van der Waals surface area contributed by atoms with Gasteiger partial charge in [-0.3, -0.25) is 4.99 Å². The Morgan fingerprint density at radius 1 is 1.33 bits per heavy atom. The van der Waals surface area contributed by atoms with E-state index in [1.807, 2.05) is 7.05 Å². The van der Waals surface area contributed by atoms with Crippen LogP contribution in [0.4, 0.5) is 0 Å². The number of rotatable bonds is 3. The summed E-state index contributed by atoms with van der Waals surface area (Å²) in [5.41, 5.74) is 0.501. The fraction of sp³-hybridized carbons (Fsp3) is 0.917. The molecule has 0 radical (unpaired) electrons. The van der Waals surface area contributed by atoms with Crippen LogP contribution in [0.25, 0.3) is 0 Å². The Bertz CT molecular complexity index is 237. The standard InChI is InChI=1S/C12H23N3/c1-12(7-3-4-8-12)9-14-11(13-2)15-10-5-6-10/h10H,3-9H2,1-2H3,(H2,13,14,15). The lowest BCUT2D eigenvalue weighted by molar-refractivity contribution is 0.334. The van der Waals surface area contributed by atoms with Gasteiger partial charge in [0.15, 0.2) is 5.96 Å². The molecule has 0 heterocycles. The van der Waals surface area contributed by atoms with E-state index in [-0.39, 0.29) is 0 Å². The van der Waals surface area contributed by atoms with E-state index < -0.39 is 0 Å². The molecule has 0 aromatic heterocycles. The molecule has 0 unspecified atom stereocenters. The second kappa shape index (κ2) is 4.42. The Labute approximate surface area is 92.7 Å². The molecule has 0 saturated heterocycles. The van der Waals surface area contributed by atoms with Crippen molar-refractivity contribution < 1.29 is 0 Å². The lowest BCUT2D eigenvalue weighted by Gasteiger charge is -2.25. The van der Waals surface area contributed by atoms with Crippen LogP contribution in [0.1, 0.15) is 45.4 Å². The van der Waals surface area contributed by atoms with Crippen molar-refractivity contribution in [2.45, 2.75) is 51.5 Å². The second-order valence-corrected chi connectivity index (χ2v) is 5.36. The Hall–Kier alpha value is -0.730. The number of guanidine groups is 1. The van der Waals surface area contributed by atoms with Crippen LogP contribution in [-0.2, 0) is 0 Å². The monoisotopic (exact) mass is 209 g/mol. The Balaban J connectivity index is 1.74. The first-order valence-electron chi connectivity index (χ1n) is 6.19. The molecule has 2 aliphatic rings. The van der Waals surface area contributed by atoms with E-state index in [4.69, 9.17) is 0 Å². The molecule has 2 rings (SSSR count). The lowest BCUT2D eigenvalue weighted by Crippen LogP contribution is -2.42. The minimum absolute atomic E-state index is 0.501. The molecule has 2 aliphatic carbocycles. The highest BCUT2D eigenvalue weighted by atomic mass is 15.2. The third kappa shape index (κ3) is 3.11. The van der Waals surface area contributed by atoms with Gasteiger partial charge in [0.25, 0.3) is 0 Å². The summed E-state index contributed by atoms with van der Waals surface area (Å²) < 4.78 is 0. The molecule has 0 spiro atoms. The zero-order valence-corrected chi connectivity index (χ0v) is 9.97. The molecule has 3 nitrogen and oxygen atoms in total. The molecular formula is C12H23N3. The summed E-state index contributed by atoms with van der Waals surface area (Å²) in [5.74, 6) is 0.991. The second-order valence-electron chi connectivity index (χ2n) is 5.36. The van der Waals surface area contributed by atoms with Crippen LogP contribution >= 0.6 is 0 Å². The molecule has 0 aromatic carbocycles. The molecular weight excluding hydrogens is 186 g/mol. The van der Waals surface area contributed by atoms with Gasteiger partial charge in [-0.2, -0.15) is 0 Å². The van der Waals surface area contributed by atoms with E-state index in [0.29, 0.717) is 11.5 Å². The molecule has 0 atom stereocenters. The number of hydrogen-bond acceptors (Lipinski definition) is 1. The third-order valence-electron chi connectivity index (χ3n) is 3.64. The van der Waals surface area contributed by atoms with Gasteiger partial charge < -0.3 is 10.6 Å². The number of hydrogen-bond donors (Lipinski definition) is 2. The molecule has 2 fully saturated rings. The maximum Gasteiger partial charge on any atom is 0.191 e. The smallest absolute Gasteiger partial charge is 0.191 e. The zero-order chi connectivity index (χ0) is 10.7. The Morgan fingerprint density at radius 3 is 2.53 bits per heavy atom. The Kier molecular flexibility index (Phi) is 3.17. The van der Waals surface area contributed by atoms with Crippen LogP contribution in [0.5, 0.6) is 0 Å². The predicted octanol–water partition coefficient (Wildman–Crippen LogP) is 1.89. The topological polar surface area (TPSA) is 36.4 Å². The van der Waals surface area contributed by atoms with E-state index in [1.165, 1.54) is 38.5 Å². The average Bonchev–Trinajstić information content (AvgIpc) is 2.95. The molecule has 0 aliphatic heterocycles. The van der Waals surface area contributed by atoms with Crippen LogP contribution < -0.4 is 10.6 Å². The van der Waals surface area contributed by atoms with Crippen molar-refractivity contribution in [3.05, 3.63) is 0 Å². The van der Waals surface area contributed by atoms with Crippen molar-refractivity contribution in [1.82, 2.24) is 10.6 Å². The van der Waals surface area contributed by atoms with Crippen LogP contribution in [-0.4, -0.2) is 25.6 Å². The summed E-state index contributed by atoms with van der Waals surface area (Å²) in [4.78, 5) is 4.25. The van der Waals surface area contributed by atoms with E-state index in [2.05, 4.69) is 22.5 Å². The van der Waals surface area contributed by atoms with Crippen LogP contribution in [0.15, 0.2) is 4.99 Å². The minimum Gasteiger partial charge on any atom is -0.356 e. The summed E-state index contributed by atoms with van der Waals surface area (Å²) in [6.45, 7) is 3.46. The molecule has 86 valence electrons. The van der Waals surface area contributed by atoms with Crippen LogP contribution in [0.2, 0.25) is 0 Å². The first kappa shape index (κ1) is 10.8. The molecule has 2 saturated carbocycles. The summed E-state index contributed by atoms with van der Waals surface area (Å²) >= 11 is 0. The van der Waals surface area contributed by atoms with Crippen molar-refractivity contribution in [3.63, 3.8) is 0 Å². The van der Waals surface area contributed by atoms with E-state index in [0.717, 1.165) is 12.5 Å². The van der Waals surface area contributed by atoms with Gasteiger partial charge in [-0.05, 0) is 31.1 Å². The lowest BCUT2D eigenvalue weighted by atomic mass is 9.89. The zero-order valence-electron chi connectivity index (χ0n) is 9.97. The summed E-state index contributed by atoms with van der Waals surface area (Å²) in [6.07, 6.45) is 8.12. The van der Waals surface area contributed by atoms with Crippen molar-refractivity contribution in [2.24, 2.45) is 10.4 Å². The number of nitrogens with zero attached hydrogens (tertiary/aromatic N) is 1. The van der Waals surface area contributed by atoms with Gasteiger partial charge in [0.1, 0.15) is 0 Å². The normalized spacial score (nSPS) is 25.3. The van der Waals surface area contributed by atoms with Gasteiger partial charge in [0.05, 0.1) is 0 Å². The fourth-order valence-corrected chi connectivity index (χ4v) is 2.32. The van der Waals surface area contributed by atoms with E-state index >= 15 is 0 Å². The SMILES string of the molecule is CN=C(NCC1(C)CCCC1)NC1CC1. The summed E-state index contributed by atoms with van der Waals surface area (Å²) in [7, 11) is 1.86. The summed E-state index contributed by atoms with van der Waals surface area (Å²) in [5, 5.41) is 6.88. The van der Waals surface area contributed by atoms with Crippen molar-refractivity contribution in [3.8, 4) is 0 Å². The van der Waals surface area contributed by atoms with Gasteiger partial charge in [0.2, 0.25) is 0 Å². The first-order chi connectivity index (χ1) is 7.22. The van der Waals surface area contributed by atoms with Gasteiger partial charge in [0, 0.05) is 19.6 Å². The van der Waals surface area contributed by atoms with Gasteiger partial charge in [-0.15, -0.1) is 0 Å². The van der Waals surface area contributed by atoms with Gasteiger partial charge >= 0.3 is 0 Å². The molecule has 0 aromatic rings. The largest absolute Gasteiger partial charge is 0.356 e. The van der Waals surface area contributed by atoms with E-state index in [1.54, 1.807) is 0 Å². The molecule has 15 heavy (non-hydrogen) atoms. The quantitative estimate of drug-likeness (QED) is 0.550. The first-order valence-corrected chi connectivity index (χ1v) is 6.19. The van der Waals surface area contributed by atoms with Crippen molar-refractivity contribution in [2.75, 3.05) is 13.6 Å². The van der Waals surface area contributed by atoms with E-state index in [9.17, 15) is 0 Å².